The molecule has 5 rings (SSSR count). The summed E-state index contributed by atoms with van der Waals surface area (Å²) < 4.78 is 13.3. The van der Waals surface area contributed by atoms with Gasteiger partial charge in [-0.15, -0.1) is 0 Å². The van der Waals surface area contributed by atoms with Crippen molar-refractivity contribution in [3.05, 3.63) is 72.6 Å². The lowest BCUT2D eigenvalue weighted by molar-refractivity contribution is -0.0250. The van der Waals surface area contributed by atoms with Gasteiger partial charge in [-0.05, 0) is 30.3 Å². The van der Waals surface area contributed by atoms with Crippen LogP contribution in [0.3, 0.4) is 0 Å². The molecule has 168 valence electrons. The number of hydrogen-bond acceptors (Lipinski definition) is 7. The Bertz CT molecular complexity index is 1270. The van der Waals surface area contributed by atoms with Gasteiger partial charge in [-0.1, -0.05) is 6.07 Å². The van der Waals surface area contributed by atoms with E-state index in [1.54, 1.807) is 31.9 Å². The van der Waals surface area contributed by atoms with Crippen LogP contribution < -0.4 is 10.1 Å². The summed E-state index contributed by atoms with van der Waals surface area (Å²) in [6, 6.07) is 11.5. The third-order valence-corrected chi connectivity index (χ3v) is 5.79. The molecular formula is C24H24N6O3. The van der Waals surface area contributed by atoms with E-state index in [0.29, 0.717) is 31.2 Å². The van der Waals surface area contributed by atoms with Crippen molar-refractivity contribution < 1.29 is 14.3 Å². The Morgan fingerprint density at radius 3 is 2.85 bits per heavy atom. The van der Waals surface area contributed by atoms with Crippen molar-refractivity contribution in [1.29, 1.82) is 0 Å². The maximum absolute atomic E-state index is 13.4. The normalized spacial score (nSPS) is 16.1. The number of ether oxygens (including phenoxy) is 2. The van der Waals surface area contributed by atoms with E-state index in [0.717, 1.165) is 28.0 Å². The molecule has 0 spiro atoms. The summed E-state index contributed by atoms with van der Waals surface area (Å²) in [6.07, 6.45) is 6.32. The van der Waals surface area contributed by atoms with Gasteiger partial charge in [0.15, 0.2) is 0 Å². The second kappa shape index (κ2) is 8.87. The second-order valence-corrected chi connectivity index (χ2v) is 7.78. The Hall–Kier alpha value is -3.98. The number of nitrogens with one attached hydrogen (secondary N) is 1. The van der Waals surface area contributed by atoms with Crippen LogP contribution >= 0.6 is 0 Å². The Kier molecular flexibility index (Phi) is 5.62. The summed E-state index contributed by atoms with van der Waals surface area (Å²) in [7, 11) is 3.54. The molecule has 4 aromatic rings. The highest BCUT2D eigenvalue weighted by Gasteiger charge is 2.29. The monoisotopic (exact) mass is 444 g/mol. The highest BCUT2D eigenvalue weighted by molar-refractivity contribution is 6.00. The molecule has 0 aliphatic carbocycles. The van der Waals surface area contributed by atoms with Crippen molar-refractivity contribution in [2.75, 3.05) is 32.1 Å². The molecule has 3 aromatic heterocycles. The first-order chi connectivity index (χ1) is 16.1. The van der Waals surface area contributed by atoms with E-state index >= 15 is 0 Å². The highest BCUT2D eigenvalue weighted by atomic mass is 16.5. The third kappa shape index (κ3) is 4.10. The predicted octanol–water partition coefficient (Wildman–Crippen LogP) is 3.33. The molecule has 9 nitrogen and oxygen atoms in total. The van der Waals surface area contributed by atoms with Gasteiger partial charge in [0.25, 0.3) is 5.91 Å². The number of aromatic nitrogens is 4. The minimum Gasteiger partial charge on any atom is -0.496 e. The zero-order chi connectivity index (χ0) is 22.8. The summed E-state index contributed by atoms with van der Waals surface area (Å²) in [4.78, 5) is 28.0. The second-order valence-electron chi connectivity index (χ2n) is 7.78. The Morgan fingerprint density at radius 1 is 1.18 bits per heavy atom. The summed E-state index contributed by atoms with van der Waals surface area (Å²) in [6.45, 7) is 1.41. The van der Waals surface area contributed by atoms with Gasteiger partial charge in [0.05, 0.1) is 49.6 Å². The number of hydrogen-bond donors (Lipinski definition) is 1. The molecule has 1 amide bonds. The topological polar surface area (TPSA) is 94.4 Å². The zero-order valence-corrected chi connectivity index (χ0v) is 18.4. The smallest absolute Gasteiger partial charge is 0.270 e. The number of morpholine rings is 1. The lowest BCUT2D eigenvalue weighted by Crippen LogP contribution is -2.43. The summed E-state index contributed by atoms with van der Waals surface area (Å²) in [5.41, 5.74) is 3.14. The number of rotatable bonds is 5. The van der Waals surface area contributed by atoms with Gasteiger partial charge in [0, 0.05) is 31.4 Å². The molecule has 1 atom stereocenters. The van der Waals surface area contributed by atoms with Crippen molar-refractivity contribution in [1.82, 2.24) is 24.4 Å². The molecule has 4 heterocycles. The van der Waals surface area contributed by atoms with Crippen LogP contribution in [-0.2, 0) is 11.8 Å². The van der Waals surface area contributed by atoms with Gasteiger partial charge < -0.3 is 24.3 Å². The van der Waals surface area contributed by atoms with E-state index in [2.05, 4.69) is 20.3 Å². The Labute approximate surface area is 191 Å². The minimum absolute atomic E-state index is 0.0370. The van der Waals surface area contributed by atoms with Gasteiger partial charge in [-0.25, -0.2) is 4.98 Å². The number of carbonyl (C=O) groups excluding carboxylic acids is 1. The van der Waals surface area contributed by atoms with Gasteiger partial charge in [-0.3, -0.25) is 14.8 Å². The number of nitrogens with zero attached hydrogens (tertiary/aromatic N) is 5. The summed E-state index contributed by atoms with van der Waals surface area (Å²) >= 11 is 0. The summed E-state index contributed by atoms with van der Waals surface area (Å²) in [5.74, 6) is 1.36. The van der Waals surface area contributed by atoms with Crippen LogP contribution in [0.5, 0.6) is 5.75 Å². The van der Waals surface area contributed by atoms with Crippen LogP contribution in [0, 0.1) is 0 Å². The van der Waals surface area contributed by atoms with Crippen LogP contribution in [-0.4, -0.2) is 57.1 Å². The Balaban J connectivity index is 1.32. The molecule has 1 fully saturated rings. The fraction of sp³-hybridized carbons (Fsp3) is 0.250. The van der Waals surface area contributed by atoms with Crippen molar-refractivity contribution in [3.63, 3.8) is 0 Å². The molecule has 1 aliphatic heterocycles. The van der Waals surface area contributed by atoms with Crippen LogP contribution in [0.25, 0.3) is 10.9 Å². The molecule has 0 radical (unpaired) electrons. The molecular weight excluding hydrogens is 420 g/mol. The van der Waals surface area contributed by atoms with Crippen LogP contribution in [0.4, 0.5) is 11.5 Å². The van der Waals surface area contributed by atoms with E-state index in [-0.39, 0.29) is 12.0 Å². The van der Waals surface area contributed by atoms with E-state index in [4.69, 9.17) is 9.47 Å². The number of carbonyl (C=O) groups is 1. The highest BCUT2D eigenvalue weighted by Crippen LogP contribution is 2.30. The number of benzene rings is 1. The SMILES string of the molecule is COc1cccc2c1cc(C(=O)N1CCO[C@H](c3ccc(Nc4cnccn4)cn3)C1)n2C. The molecule has 0 unspecified atom stereocenters. The fourth-order valence-electron chi connectivity index (χ4n) is 4.07. The quantitative estimate of drug-likeness (QED) is 0.505. The van der Waals surface area contributed by atoms with E-state index in [1.807, 2.05) is 52.9 Å². The van der Waals surface area contributed by atoms with Crippen molar-refractivity contribution in [2.24, 2.45) is 7.05 Å². The van der Waals surface area contributed by atoms with Gasteiger partial charge in [-0.2, -0.15) is 0 Å². The van der Waals surface area contributed by atoms with Crippen molar-refractivity contribution in [2.45, 2.75) is 6.10 Å². The predicted molar refractivity (Wildman–Crippen MR) is 124 cm³/mol. The molecule has 33 heavy (non-hydrogen) atoms. The summed E-state index contributed by atoms with van der Waals surface area (Å²) in [5, 5.41) is 4.08. The average Bonchev–Trinajstić information content (AvgIpc) is 3.21. The maximum Gasteiger partial charge on any atom is 0.270 e. The van der Waals surface area contributed by atoms with Crippen molar-refractivity contribution >= 4 is 28.3 Å². The zero-order valence-electron chi connectivity index (χ0n) is 18.4. The molecule has 0 bridgehead atoms. The lowest BCUT2D eigenvalue weighted by atomic mass is 10.1. The molecule has 1 aromatic carbocycles. The van der Waals surface area contributed by atoms with Gasteiger partial charge in [0.1, 0.15) is 23.4 Å². The standard InChI is InChI=1S/C24H24N6O3/c1-29-19-4-3-5-21(32-2)17(19)12-20(29)24(31)30-10-11-33-22(15-30)18-7-6-16(13-27-18)28-23-14-25-8-9-26-23/h3-9,12-14,22H,10-11,15H2,1-2H3,(H,26,28)/t22-/m0/s1. The van der Waals surface area contributed by atoms with Crippen molar-refractivity contribution in [3.8, 4) is 5.75 Å². The van der Waals surface area contributed by atoms with Gasteiger partial charge in [0.2, 0.25) is 0 Å². The Morgan fingerprint density at radius 2 is 2.09 bits per heavy atom. The van der Waals surface area contributed by atoms with Crippen LogP contribution in [0.2, 0.25) is 0 Å². The molecule has 1 aliphatic rings. The number of aryl methyl sites for hydroxylation is 1. The minimum atomic E-state index is -0.294. The largest absolute Gasteiger partial charge is 0.496 e. The van der Waals surface area contributed by atoms with Gasteiger partial charge >= 0.3 is 0 Å². The molecule has 1 N–H and O–H groups in total. The third-order valence-electron chi connectivity index (χ3n) is 5.79. The average molecular weight is 444 g/mol. The first-order valence-electron chi connectivity index (χ1n) is 10.7. The first kappa shape index (κ1) is 20.9. The number of amides is 1. The first-order valence-corrected chi connectivity index (χ1v) is 10.7. The van der Waals surface area contributed by atoms with E-state index in [1.165, 1.54) is 0 Å². The molecule has 0 saturated carbocycles. The molecule has 1 saturated heterocycles. The number of fused-ring (bicyclic) bond motifs is 1. The lowest BCUT2D eigenvalue weighted by Gasteiger charge is -2.32. The van der Waals surface area contributed by atoms with Crippen LogP contribution in [0.15, 0.2) is 61.2 Å². The molecule has 9 heteroatoms. The van der Waals surface area contributed by atoms with E-state index in [9.17, 15) is 4.79 Å². The number of anilines is 2. The fourth-order valence-corrected chi connectivity index (χ4v) is 4.07. The van der Waals surface area contributed by atoms with Crippen LogP contribution in [0.1, 0.15) is 22.3 Å². The maximum atomic E-state index is 13.4. The van der Waals surface area contributed by atoms with E-state index < -0.39 is 0 Å². The number of methoxy groups -OCH3 is 1. The number of pyridine rings is 1.